The maximum absolute atomic E-state index is 6.43. The van der Waals surface area contributed by atoms with E-state index in [-0.39, 0.29) is 0 Å². The summed E-state index contributed by atoms with van der Waals surface area (Å²) in [6.07, 6.45) is 0. The van der Waals surface area contributed by atoms with Crippen LogP contribution in [-0.4, -0.2) is 0 Å². The van der Waals surface area contributed by atoms with Gasteiger partial charge >= 0.3 is 0 Å². The van der Waals surface area contributed by atoms with Gasteiger partial charge in [0.1, 0.15) is 22.3 Å². The van der Waals surface area contributed by atoms with Crippen molar-refractivity contribution in [2.45, 2.75) is 0 Å². The Morgan fingerprint density at radius 3 is 1.10 bits per heavy atom. The summed E-state index contributed by atoms with van der Waals surface area (Å²) < 4.78 is 12.9. The van der Waals surface area contributed by atoms with Crippen molar-refractivity contribution in [3.05, 3.63) is 218 Å². The molecule has 12 rings (SSSR count). The number of fused-ring (bicyclic) bond motifs is 8. The molecule has 0 spiro atoms. The zero-order valence-corrected chi connectivity index (χ0v) is 32.5. The van der Waals surface area contributed by atoms with E-state index in [1.54, 1.807) is 0 Å². The number of hydrogen-bond acceptors (Lipinski definition) is 4. The first-order valence-electron chi connectivity index (χ1n) is 20.3. The second-order valence-electron chi connectivity index (χ2n) is 15.3. The molecule has 0 saturated carbocycles. The van der Waals surface area contributed by atoms with Crippen LogP contribution in [0.2, 0.25) is 0 Å². The molecule has 282 valence electrons. The van der Waals surface area contributed by atoms with Gasteiger partial charge in [-0.1, -0.05) is 133 Å². The molecular weight excluding hydrogens is 733 g/mol. The molecule has 0 unspecified atom stereocenters. The number of anilines is 6. The minimum absolute atomic E-state index is 0.858. The van der Waals surface area contributed by atoms with Crippen molar-refractivity contribution in [2.24, 2.45) is 0 Å². The average molecular weight is 769 g/mol. The molecule has 0 N–H and O–H groups in total. The molecule has 4 nitrogen and oxygen atoms in total. The van der Waals surface area contributed by atoms with E-state index in [0.29, 0.717) is 0 Å². The van der Waals surface area contributed by atoms with E-state index in [1.807, 2.05) is 24.3 Å². The van der Waals surface area contributed by atoms with Crippen molar-refractivity contribution >= 4 is 99.5 Å². The van der Waals surface area contributed by atoms with Crippen LogP contribution in [0.3, 0.4) is 0 Å². The fourth-order valence-corrected chi connectivity index (χ4v) is 9.02. The molecule has 0 radical (unpaired) electrons. The van der Waals surface area contributed by atoms with Gasteiger partial charge in [-0.3, -0.25) is 0 Å². The normalized spacial score (nSPS) is 11.7. The molecule has 12 aromatic rings. The van der Waals surface area contributed by atoms with Gasteiger partial charge in [-0.05, 0) is 94.7 Å². The summed E-state index contributed by atoms with van der Waals surface area (Å²) in [6.45, 7) is 0. The quantitative estimate of drug-likeness (QED) is 0.162. The zero-order chi connectivity index (χ0) is 39.6. The molecular formula is C56H36N2O2. The van der Waals surface area contributed by atoms with Gasteiger partial charge in [0.2, 0.25) is 0 Å². The number of rotatable bonds is 7. The molecule has 2 aromatic heterocycles. The number of hydrogen-bond donors (Lipinski definition) is 0. The maximum Gasteiger partial charge on any atom is 0.137 e. The van der Waals surface area contributed by atoms with Crippen molar-refractivity contribution in [1.29, 1.82) is 0 Å². The van der Waals surface area contributed by atoms with Crippen LogP contribution in [0.25, 0.3) is 76.5 Å². The van der Waals surface area contributed by atoms with Gasteiger partial charge in [0, 0.05) is 67.2 Å². The average Bonchev–Trinajstić information content (AvgIpc) is 3.87. The Bertz CT molecular complexity index is 3350. The number of furan rings is 2. The van der Waals surface area contributed by atoms with E-state index >= 15 is 0 Å². The lowest BCUT2D eigenvalue weighted by atomic mass is 10.0. The van der Waals surface area contributed by atoms with Crippen LogP contribution in [0, 0.1) is 0 Å². The third-order valence-electron chi connectivity index (χ3n) is 11.8. The van der Waals surface area contributed by atoms with Crippen molar-refractivity contribution in [1.82, 2.24) is 0 Å². The van der Waals surface area contributed by atoms with Crippen LogP contribution in [0.5, 0.6) is 0 Å². The highest BCUT2D eigenvalue weighted by Gasteiger charge is 2.21. The number of nitrogens with zero attached hydrogens (tertiary/aromatic N) is 2. The number of benzene rings is 10. The van der Waals surface area contributed by atoms with E-state index in [9.17, 15) is 0 Å². The monoisotopic (exact) mass is 768 g/mol. The lowest BCUT2D eigenvalue weighted by Gasteiger charge is -2.28. The predicted molar refractivity (Wildman–Crippen MR) is 251 cm³/mol. The Balaban J connectivity index is 1.02. The Morgan fingerprint density at radius 2 is 0.617 bits per heavy atom. The molecule has 0 amide bonds. The zero-order valence-electron chi connectivity index (χ0n) is 32.5. The molecule has 0 bridgehead atoms. The summed E-state index contributed by atoms with van der Waals surface area (Å²) in [5.41, 5.74) is 12.0. The van der Waals surface area contributed by atoms with Crippen LogP contribution in [0.1, 0.15) is 0 Å². The van der Waals surface area contributed by atoms with Gasteiger partial charge in [0.25, 0.3) is 0 Å². The van der Waals surface area contributed by atoms with Crippen LogP contribution >= 0.6 is 0 Å². The first-order chi connectivity index (χ1) is 29.7. The van der Waals surface area contributed by atoms with Crippen LogP contribution in [0.4, 0.5) is 34.1 Å². The van der Waals surface area contributed by atoms with Crippen molar-refractivity contribution in [2.75, 3.05) is 9.80 Å². The highest BCUT2D eigenvalue weighted by Crippen LogP contribution is 2.45. The molecule has 10 aromatic carbocycles. The minimum Gasteiger partial charge on any atom is -0.456 e. The van der Waals surface area contributed by atoms with E-state index in [2.05, 4.69) is 204 Å². The first-order valence-corrected chi connectivity index (χ1v) is 20.3. The van der Waals surface area contributed by atoms with Gasteiger partial charge in [0.05, 0.1) is 11.4 Å². The third-order valence-corrected chi connectivity index (χ3v) is 11.8. The summed E-state index contributed by atoms with van der Waals surface area (Å²) in [4.78, 5) is 4.71. The predicted octanol–water partition coefficient (Wildman–Crippen LogP) is 16.4. The standard InChI is InChI=1S/C56H36N2O2/c1-3-21-45-37(13-1)15-11-25-51(45)57(43-29-31-49-47-23-5-7-27-53(47)59-55(49)35-43)41-19-9-17-39(33-41)40-18-10-20-42(34-40)58(52-26-12-16-38-14-2-4-22-46(38)52)44-30-32-50-48-24-6-8-28-54(48)60-56(50)36-44/h1-36H. The molecule has 0 atom stereocenters. The minimum atomic E-state index is 0.858. The summed E-state index contributed by atoms with van der Waals surface area (Å²) in [7, 11) is 0. The van der Waals surface area contributed by atoms with Gasteiger partial charge in [0.15, 0.2) is 0 Å². The topological polar surface area (TPSA) is 32.8 Å². The summed E-state index contributed by atoms with van der Waals surface area (Å²) in [6, 6.07) is 77.6. The second kappa shape index (κ2) is 13.8. The second-order valence-corrected chi connectivity index (χ2v) is 15.3. The Morgan fingerprint density at radius 1 is 0.250 bits per heavy atom. The maximum atomic E-state index is 6.43. The molecule has 0 aliphatic rings. The van der Waals surface area contributed by atoms with Gasteiger partial charge < -0.3 is 18.6 Å². The molecule has 0 aliphatic carbocycles. The highest BCUT2D eigenvalue weighted by molar-refractivity contribution is 6.08. The van der Waals surface area contributed by atoms with Crippen LogP contribution in [0.15, 0.2) is 227 Å². The highest BCUT2D eigenvalue weighted by atomic mass is 16.3. The molecule has 0 fully saturated rings. The smallest absolute Gasteiger partial charge is 0.137 e. The van der Waals surface area contributed by atoms with Crippen LogP contribution < -0.4 is 9.80 Å². The van der Waals surface area contributed by atoms with Gasteiger partial charge in [-0.25, -0.2) is 0 Å². The molecule has 60 heavy (non-hydrogen) atoms. The molecule has 0 aliphatic heterocycles. The molecule has 0 saturated heterocycles. The molecule has 4 heteroatoms. The van der Waals surface area contributed by atoms with Gasteiger partial charge in [-0.2, -0.15) is 0 Å². The number of para-hydroxylation sites is 2. The van der Waals surface area contributed by atoms with Crippen molar-refractivity contribution < 1.29 is 8.83 Å². The lowest BCUT2D eigenvalue weighted by molar-refractivity contribution is 0.668. The fraction of sp³-hybridized carbons (Fsp3) is 0. The Labute approximate surface area is 346 Å². The first kappa shape index (κ1) is 34.0. The van der Waals surface area contributed by atoms with Crippen LogP contribution in [-0.2, 0) is 0 Å². The lowest BCUT2D eigenvalue weighted by Crippen LogP contribution is -2.11. The van der Waals surface area contributed by atoms with Crippen molar-refractivity contribution in [3.8, 4) is 11.1 Å². The van der Waals surface area contributed by atoms with E-state index in [0.717, 1.165) is 89.1 Å². The summed E-state index contributed by atoms with van der Waals surface area (Å²) in [5, 5.41) is 9.15. The Hall–Kier alpha value is -8.08. The van der Waals surface area contributed by atoms with E-state index < -0.39 is 0 Å². The summed E-state index contributed by atoms with van der Waals surface area (Å²) >= 11 is 0. The third kappa shape index (κ3) is 5.61. The SMILES string of the molecule is c1cc(-c2cccc(N(c3ccc4c(c3)oc3ccccc34)c3cccc4ccccc34)c2)cc(N(c2ccc3c(c2)oc2ccccc23)c2cccc3ccccc23)c1. The summed E-state index contributed by atoms with van der Waals surface area (Å²) in [5.74, 6) is 0. The van der Waals surface area contributed by atoms with Gasteiger partial charge in [-0.15, -0.1) is 0 Å². The fourth-order valence-electron chi connectivity index (χ4n) is 9.02. The van der Waals surface area contributed by atoms with E-state index in [1.165, 1.54) is 21.5 Å². The van der Waals surface area contributed by atoms with E-state index in [4.69, 9.17) is 8.83 Å². The van der Waals surface area contributed by atoms with Crippen molar-refractivity contribution in [3.63, 3.8) is 0 Å². The largest absolute Gasteiger partial charge is 0.456 e. The molecule has 2 heterocycles. The Kier molecular flexibility index (Phi) is 7.82.